The molecule has 2 amide bonds. The summed E-state index contributed by atoms with van der Waals surface area (Å²) in [6, 6.07) is 5.02. The molecular formula is C18H21FN4O2. The molecule has 0 aliphatic heterocycles. The van der Waals surface area contributed by atoms with Crippen LogP contribution in [0.4, 0.5) is 9.18 Å². The molecule has 3 atom stereocenters. The molecule has 0 radical (unpaired) electrons. The first-order valence-corrected chi connectivity index (χ1v) is 8.15. The minimum Gasteiger partial charge on any atom is -0.396 e. The van der Waals surface area contributed by atoms with Crippen molar-refractivity contribution in [2.75, 3.05) is 6.61 Å². The van der Waals surface area contributed by atoms with Crippen molar-refractivity contribution in [1.29, 1.82) is 0 Å². The predicted octanol–water partition coefficient (Wildman–Crippen LogP) is 1.88. The molecule has 1 aromatic heterocycles. The molecular weight excluding hydrogens is 323 g/mol. The molecule has 3 rings (SSSR count). The Bertz CT molecular complexity index is 774. The van der Waals surface area contributed by atoms with Crippen LogP contribution in [0.2, 0.25) is 0 Å². The summed E-state index contributed by atoms with van der Waals surface area (Å²) in [6.45, 7) is 0.0650. The van der Waals surface area contributed by atoms with Gasteiger partial charge in [0.2, 0.25) is 0 Å². The van der Waals surface area contributed by atoms with Gasteiger partial charge in [0.25, 0.3) is 0 Å². The van der Waals surface area contributed by atoms with Gasteiger partial charge < -0.3 is 20.3 Å². The van der Waals surface area contributed by atoms with E-state index in [1.54, 1.807) is 29.1 Å². The van der Waals surface area contributed by atoms with Crippen LogP contribution in [0.1, 0.15) is 23.9 Å². The van der Waals surface area contributed by atoms with Crippen LogP contribution in [0.25, 0.3) is 0 Å². The van der Waals surface area contributed by atoms with Gasteiger partial charge in [-0.15, -0.1) is 0 Å². The lowest BCUT2D eigenvalue weighted by Crippen LogP contribution is -2.43. The van der Waals surface area contributed by atoms with Crippen molar-refractivity contribution in [3.05, 3.63) is 66.0 Å². The minimum absolute atomic E-state index is 0.0650. The monoisotopic (exact) mass is 344 g/mol. The average Bonchev–Trinajstić information content (AvgIpc) is 3.21. The first kappa shape index (κ1) is 17.2. The number of rotatable bonds is 5. The van der Waals surface area contributed by atoms with Crippen LogP contribution in [0.5, 0.6) is 0 Å². The number of nitrogens with zero attached hydrogens (tertiary/aromatic N) is 2. The van der Waals surface area contributed by atoms with Gasteiger partial charge in [-0.1, -0.05) is 24.3 Å². The van der Waals surface area contributed by atoms with Gasteiger partial charge >= 0.3 is 6.03 Å². The fraction of sp³-hybridized carbons (Fsp3) is 0.333. The highest BCUT2D eigenvalue weighted by molar-refractivity contribution is 5.75. The summed E-state index contributed by atoms with van der Waals surface area (Å²) in [5, 5.41) is 14.9. The number of carbonyl (C=O) groups excluding carboxylic acids is 1. The highest BCUT2D eigenvalue weighted by Gasteiger charge is 2.24. The lowest BCUT2D eigenvalue weighted by molar-refractivity contribution is 0.229. The van der Waals surface area contributed by atoms with Crippen LogP contribution in [0, 0.1) is 11.7 Å². The van der Waals surface area contributed by atoms with E-state index in [9.17, 15) is 9.18 Å². The number of hydrogen-bond donors (Lipinski definition) is 3. The number of hydrogen-bond acceptors (Lipinski definition) is 3. The molecule has 0 spiro atoms. The van der Waals surface area contributed by atoms with Gasteiger partial charge in [0, 0.05) is 38.0 Å². The fourth-order valence-electron chi connectivity index (χ4n) is 3.00. The Morgan fingerprint density at radius 2 is 2.32 bits per heavy atom. The fourth-order valence-corrected chi connectivity index (χ4v) is 3.00. The first-order valence-electron chi connectivity index (χ1n) is 8.15. The number of aryl methyl sites for hydroxylation is 1. The summed E-state index contributed by atoms with van der Waals surface area (Å²) in [6.07, 6.45) is 7.84. The summed E-state index contributed by atoms with van der Waals surface area (Å²) in [4.78, 5) is 16.7. The number of imidazole rings is 1. The summed E-state index contributed by atoms with van der Waals surface area (Å²) < 4.78 is 15.4. The maximum absolute atomic E-state index is 13.6. The van der Waals surface area contributed by atoms with Crippen molar-refractivity contribution in [3.8, 4) is 0 Å². The lowest BCUT2D eigenvalue weighted by atomic mass is 10.1. The van der Waals surface area contributed by atoms with Gasteiger partial charge in [0.1, 0.15) is 17.7 Å². The number of amides is 2. The van der Waals surface area contributed by atoms with Crippen LogP contribution in [-0.4, -0.2) is 33.3 Å². The van der Waals surface area contributed by atoms with E-state index in [0.717, 1.165) is 0 Å². The third-order valence-corrected chi connectivity index (χ3v) is 4.30. The Morgan fingerprint density at radius 1 is 1.48 bits per heavy atom. The number of carbonyl (C=O) groups is 1. The Kier molecular flexibility index (Phi) is 5.14. The first-order chi connectivity index (χ1) is 12.1. The zero-order valence-corrected chi connectivity index (χ0v) is 13.9. The average molecular weight is 344 g/mol. The van der Waals surface area contributed by atoms with Crippen molar-refractivity contribution in [1.82, 2.24) is 20.2 Å². The normalized spacial score (nSPS) is 20.4. The molecule has 132 valence electrons. The van der Waals surface area contributed by atoms with Gasteiger partial charge in [-0.25, -0.2) is 14.2 Å². The molecule has 3 N–H and O–H groups in total. The molecule has 2 aromatic rings. The minimum atomic E-state index is -0.574. The molecule has 0 bridgehead atoms. The van der Waals surface area contributed by atoms with E-state index in [1.807, 2.05) is 19.2 Å². The van der Waals surface area contributed by atoms with E-state index < -0.39 is 6.04 Å². The van der Waals surface area contributed by atoms with Crippen molar-refractivity contribution < 1.29 is 14.3 Å². The predicted molar refractivity (Wildman–Crippen MR) is 91.2 cm³/mol. The molecule has 0 saturated heterocycles. The number of halogens is 1. The summed E-state index contributed by atoms with van der Waals surface area (Å²) in [5.74, 6) is 0.304. The number of aliphatic hydroxyl groups is 1. The molecule has 1 aromatic carbocycles. The highest BCUT2D eigenvalue weighted by Crippen LogP contribution is 2.22. The molecule has 1 aliphatic carbocycles. The number of aliphatic hydroxyl groups excluding tert-OH is 1. The molecule has 0 unspecified atom stereocenters. The number of aromatic nitrogens is 2. The quantitative estimate of drug-likeness (QED) is 0.725. The second-order valence-electron chi connectivity index (χ2n) is 6.17. The van der Waals surface area contributed by atoms with Crippen molar-refractivity contribution in [2.45, 2.75) is 18.5 Å². The summed E-state index contributed by atoms with van der Waals surface area (Å²) in [7, 11) is 1.82. The number of nitrogens with one attached hydrogen (secondary N) is 2. The topological polar surface area (TPSA) is 79.2 Å². The van der Waals surface area contributed by atoms with Crippen molar-refractivity contribution >= 4 is 6.03 Å². The number of urea groups is 1. The molecule has 25 heavy (non-hydrogen) atoms. The smallest absolute Gasteiger partial charge is 0.316 e. The Morgan fingerprint density at radius 3 is 2.96 bits per heavy atom. The SMILES string of the molecule is Cn1ccnc1[C@@H](NC(=O)N[C@@H]1C=C[C@H](CO)C1)c1cccc(F)c1. The second kappa shape index (κ2) is 7.48. The molecule has 0 fully saturated rings. The van der Waals surface area contributed by atoms with E-state index in [0.29, 0.717) is 17.8 Å². The molecule has 1 aliphatic rings. The summed E-state index contributed by atoms with van der Waals surface area (Å²) >= 11 is 0. The second-order valence-corrected chi connectivity index (χ2v) is 6.17. The molecule has 0 saturated carbocycles. The zero-order chi connectivity index (χ0) is 17.8. The summed E-state index contributed by atoms with van der Waals surface area (Å²) in [5.41, 5.74) is 0.611. The van der Waals surface area contributed by atoms with Crippen LogP contribution in [0.15, 0.2) is 48.8 Å². The van der Waals surface area contributed by atoms with E-state index in [1.165, 1.54) is 12.1 Å². The van der Waals surface area contributed by atoms with Crippen LogP contribution in [0.3, 0.4) is 0 Å². The van der Waals surface area contributed by atoms with Crippen LogP contribution in [-0.2, 0) is 7.05 Å². The third kappa shape index (κ3) is 4.06. The van der Waals surface area contributed by atoms with Crippen molar-refractivity contribution in [3.63, 3.8) is 0 Å². The van der Waals surface area contributed by atoms with E-state index in [4.69, 9.17) is 5.11 Å². The van der Waals surface area contributed by atoms with Crippen molar-refractivity contribution in [2.24, 2.45) is 13.0 Å². The highest BCUT2D eigenvalue weighted by atomic mass is 19.1. The van der Waals surface area contributed by atoms with Gasteiger partial charge in [-0.3, -0.25) is 0 Å². The Hall–Kier alpha value is -2.67. The largest absolute Gasteiger partial charge is 0.396 e. The van der Waals surface area contributed by atoms with Gasteiger partial charge in [0.05, 0.1) is 0 Å². The van der Waals surface area contributed by atoms with E-state index >= 15 is 0 Å². The van der Waals surface area contributed by atoms with E-state index in [2.05, 4.69) is 15.6 Å². The maximum Gasteiger partial charge on any atom is 0.316 e. The van der Waals surface area contributed by atoms with Crippen LogP contribution >= 0.6 is 0 Å². The Labute approximate surface area is 145 Å². The molecule has 1 heterocycles. The standard InChI is InChI=1S/C18H21FN4O2/c1-23-8-7-20-17(23)16(13-3-2-4-14(19)10-13)22-18(25)21-15-6-5-12(9-15)11-24/h2-8,10,12,15-16,24H,9,11H2,1H3,(H2,21,22,25)/t12-,15+,16-/m0/s1. The van der Waals surface area contributed by atoms with Gasteiger partial charge in [-0.2, -0.15) is 0 Å². The Balaban J connectivity index is 1.75. The third-order valence-electron chi connectivity index (χ3n) is 4.30. The van der Waals surface area contributed by atoms with Crippen LogP contribution < -0.4 is 10.6 Å². The number of benzene rings is 1. The molecule has 7 heteroatoms. The van der Waals surface area contributed by atoms with E-state index in [-0.39, 0.29) is 30.4 Å². The zero-order valence-electron chi connectivity index (χ0n) is 13.9. The van der Waals surface area contributed by atoms with Gasteiger partial charge in [-0.05, 0) is 24.1 Å². The lowest BCUT2D eigenvalue weighted by Gasteiger charge is -2.21. The van der Waals surface area contributed by atoms with Gasteiger partial charge in [0.15, 0.2) is 0 Å². The molecule has 6 nitrogen and oxygen atoms in total. The maximum atomic E-state index is 13.6.